The van der Waals surface area contributed by atoms with Crippen LogP contribution in [0.25, 0.3) is 0 Å². The molecule has 1 rings (SSSR count). The predicted octanol–water partition coefficient (Wildman–Crippen LogP) is 3.97. The Morgan fingerprint density at radius 2 is 2.13 bits per heavy atom. The van der Waals surface area contributed by atoms with E-state index in [-0.39, 0.29) is 5.78 Å². The molecule has 0 N–H and O–H groups in total. The van der Waals surface area contributed by atoms with Crippen LogP contribution in [0.4, 0.5) is 0 Å². The number of carbonyl (C=O) groups is 1. The zero-order chi connectivity index (χ0) is 11.1. The summed E-state index contributed by atoms with van der Waals surface area (Å²) in [5, 5.41) is 0. The molecule has 0 unspecified atom stereocenters. The van der Waals surface area contributed by atoms with Crippen LogP contribution in [0.15, 0.2) is 35.5 Å². The summed E-state index contributed by atoms with van der Waals surface area (Å²) < 4.78 is 0. The molecule has 1 nitrogen and oxygen atoms in total. The van der Waals surface area contributed by atoms with Gasteiger partial charge in [0.15, 0.2) is 5.78 Å². The van der Waals surface area contributed by atoms with Gasteiger partial charge < -0.3 is 0 Å². The molecule has 1 heteroatoms. The van der Waals surface area contributed by atoms with Crippen molar-refractivity contribution in [1.82, 2.24) is 0 Å². The number of carbonyl (C=O) groups excluding carboxylic acids is 1. The van der Waals surface area contributed by atoms with Crippen molar-refractivity contribution in [1.29, 1.82) is 0 Å². The maximum absolute atomic E-state index is 11.5. The van der Waals surface area contributed by atoms with E-state index < -0.39 is 0 Å². The molecule has 0 spiro atoms. The van der Waals surface area contributed by atoms with Crippen molar-refractivity contribution in [3.05, 3.63) is 35.5 Å². The summed E-state index contributed by atoms with van der Waals surface area (Å²) in [7, 11) is 0. The molecular formula is C14H20O. The van der Waals surface area contributed by atoms with Crippen LogP contribution in [0, 0.1) is 0 Å². The third-order valence-corrected chi connectivity index (χ3v) is 2.65. The highest BCUT2D eigenvalue weighted by molar-refractivity contribution is 6.10. The monoisotopic (exact) mass is 204 g/mol. The van der Waals surface area contributed by atoms with Gasteiger partial charge in [0.2, 0.25) is 0 Å². The van der Waals surface area contributed by atoms with Crippen molar-refractivity contribution in [2.24, 2.45) is 0 Å². The average Bonchev–Trinajstić information content (AvgIpc) is 2.54. The lowest BCUT2D eigenvalue weighted by Crippen LogP contribution is -1.95. The van der Waals surface area contributed by atoms with Gasteiger partial charge in [0.25, 0.3) is 0 Å². The number of rotatable bonds is 5. The lowest BCUT2D eigenvalue weighted by atomic mass is 10.1. The molecule has 0 saturated carbocycles. The summed E-state index contributed by atoms with van der Waals surface area (Å²) in [6.07, 6.45) is 13.8. The van der Waals surface area contributed by atoms with Gasteiger partial charge in [-0.25, -0.2) is 0 Å². The quantitative estimate of drug-likeness (QED) is 0.376. The molecule has 0 aromatic rings. The second-order valence-corrected chi connectivity index (χ2v) is 3.96. The van der Waals surface area contributed by atoms with Gasteiger partial charge in [-0.15, -0.1) is 0 Å². The smallest absolute Gasteiger partial charge is 0.184 e. The maximum Gasteiger partial charge on any atom is 0.184 e. The normalized spacial score (nSPS) is 19.2. The van der Waals surface area contributed by atoms with Gasteiger partial charge in [-0.2, -0.15) is 0 Å². The van der Waals surface area contributed by atoms with Gasteiger partial charge in [0.05, 0.1) is 0 Å². The first-order chi connectivity index (χ1) is 7.25. The number of hydrogen-bond acceptors (Lipinski definition) is 1. The topological polar surface area (TPSA) is 17.1 Å². The Morgan fingerprint density at radius 3 is 2.73 bits per heavy atom. The van der Waals surface area contributed by atoms with Crippen molar-refractivity contribution < 1.29 is 4.79 Å². The second-order valence-electron chi connectivity index (χ2n) is 3.96. The minimum absolute atomic E-state index is 0.249. The number of unbranched alkanes of at least 4 members (excludes halogenated alkanes) is 2. The largest absolute Gasteiger partial charge is 0.289 e. The molecule has 15 heavy (non-hydrogen) atoms. The molecule has 0 heterocycles. The van der Waals surface area contributed by atoms with Gasteiger partial charge >= 0.3 is 0 Å². The molecule has 0 bridgehead atoms. The Balaban J connectivity index is 2.23. The van der Waals surface area contributed by atoms with E-state index in [0.29, 0.717) is 0 Å². The molecule has 0 aromatic heterocycles. The lowest BCUT2D eigenvalue weighted by molar-refractivity contribution is -0.111. The van der Waals surface area contributed by atoms with Crippen LogP contribution in [0.1, 0.15) is 46.0 Å². The molecule has 82 valence electrons. The molecule has 1 aliphatic carbocycles. The highest BCUT2D eigenvalue weighted by Gasteiger charge is 2.15. The van der Waals surface area contributed by atoms with Gasteiger partial charge in [-0.1, -0.05) is 31.2 Å². The Labute approximate surface area is 92.6 Å². The summed E-state index contributed by atoms with van der Waals surface area (Å²) in [6.45, 7) is 4.04. The van der Waals surface area contributed by atoms with Gasteiger partial charge in [-0.3, -0.25) is 4.79 Å². The first-order valence-electron chi connectivity index (χ1n) is 5.81. The number of Topliss-reactive ketones (excluding diaryl/α,β-unsaturated/α-hetero) is 1. The van der Waals surface area contributed by atoms with Gasteiger partial charge in [0.1, 0.15) is 0 Å². The van der Waals surface area contributed by atoms with Crippen molar-refractivity contribution >= 4 is 5.78 Å². The summed E-state index contributed by atoms with van der Waals surface area (Å²) in [5.41, 5.74) is 1.90. The molecule has 0 atom stereocenters. The fraction of sp³-hybridized carbons (Fsp3) is 0.500. The van der Waals surface area contributed by atoms with Crippen LogP contribution in [-0.4, -0.2) is 5.78 Å². The number of allylic oxidation sites excluding steroid dienone is 6. The summed E-state index contributed by atoms with van der Waals surface area (Å²) in [4.78, 5) is 11.5. The third kappa shape index (κ3) is 3.86. The van der Waals surface area contributed by atoms with Crippen molar-refractivity contribution in [3.8, 4) is 0 Å². The second kappa shape index (κ2) is 6.39. The minimum atomic E-state index is 0.249. The van der Waals surface area contributed by atoms with Crippen LogP contribution >= 0.6 is 0 Å². The molecule has 0 aromatic carbocycles. The van der Waals surface area contributed by atoms with E-state index in [0.717, 1.165) is 43.3 Å². The minimum Gasteiger partial charge on any atom is -0.289 e. The van der Waals surface area contributed by atoms with Crippen LogP contribution < -0.4 is 0 Å². The SMILES string of the molecule is CC/C=C\CCC/C=C1\CC=C(C)C1=O. The standard InChI is InChI=1S/C14H20O/c1-3-4-5-6-7-8-9-13-11-10-12(2)14(13)15/h4-5,9-10H,3,6-8,11H2,1-2H3/b5-4-,13-9+. The fourth-order valence-electron chi connectivity index (χ4n) is 1.67. The molecular weight excluding hydrogens is 184 g/mol. The summed E-state index contributed by atoms with van der Waals surface area (Å²) >= 11 is 0. The number of ketones is 1. The predicted molar refractivity (Wildman–Crippen MR) is 64.7 cm³/mol. The van der Waals surface area contributed by atoms with Crippen LogP contribution in [0.2, 0.25) is 0 Å². The molecule has 0 amide bonds. The van der Waals surface area contributed by atoms with Crippen LogP contribution in [0.3, 0.4) is 0 Å². The first kappa shape index (κ1) is 12.0. The highest BCUT2D eigenvalue weighted by atomic mass is 16.1. The Morgan fingerprint density at radius 1 is 1.33 bits per heavy atom. The van der Waals surface area contributed by atoms with E-state index in [1.54, 1.807) is 0 Å². The zero-order valence-corrected chi connectivity index (χ0v) is 9.75. The molecule has 0 radical (unpaired) electrons. The third-order valence-electron chi connectivity index (χ3n) is 2.65. The Bertz CT molecular complexity index is 305. The maximum atomic E-state index is 11.5. The Kier molecular flexibility index (Phi) is 5.09. The van der Waals surface area contributed by atoms with E-state index >= 15 is 0 Å². The van der Waals surface area contributed by atoms with E-state index in [9.17, 15) is 4.79 Å². The van der Waals surface area contributed by atoms with Crippen molar-refractivity contribution in [3.63, 3.8) is 0 Å². The highest BCUT2D eigenvalue weighted by Crippen LogP contribution is 2.20. The van der Waals surface area contributed by atoms with Crippen molar-refractivity contribution in [2.45, 2.75) is 46.0 Å². The van der Waals surface area contributed by atoms with Crippen LogP contribution in [0.5, 0.6) is 0 Å². The van der Waals surface area contributed by atoms with Gasteiger partial charge in [0, 0.05) is 0 Å². The Hall–Kier alpha value is -1.11. The molecule has 1 aliphatic rings. The summed E-state index contributed by atoms with van der Waals surface area (Å²) in [5.74, 6) is 0.249. The first-order valence-corrected chi connectivity index (χ1v) is 5.81. The fourth-order valence-corrected chi connectivity index (χ4v) is 1.67. The lowest BCUT2D eigenvalue weighted by Gasteiger charge is -1.96. The van der Waals surface area contributed by atoms with E-state index in [1.807, 2.05) is 13.0 Å². The zero-order valence-electron chi connectivity index (χ0n) is 9.75. The average molecular weight is 204 g/mol. The summed E-state index contributed by atoms with van der Waals surface area (Å²) in [6, 6.07) is 0. The molecule has 0 saturated heterocycles. The van der Waals surface area contributed by atoms with E-state index in [2.05, 4.69) is 25.2 Å². The van der Waals surface area contributed by atoms with Crippen molar-refractivity contribution in [2.75, 3.05) is 0 Å². The molecule has 0 fully saturated rings. The van der Waals surface area contributed by atoms with E-state index in [4.69, 9.17) is 0 Å². The number of hydrogen-bond donors (Lipinski definition) is 0. The van der Waals surface area contributed by atoms with E-state index in [1.165, 1.54) is 0 Å². The molecule has 0 aliphatic heterocycles. The van der Waals surface area contributed by atoms with Gasteiger partial charge in [-0.05, 0) is 50.2 Å². The van der Waals surface area contributed by atoms with Crippen LogP contribution in [-0.2, 0) is 4.79 Å².